The van der Waals surface area contributed by atoms with E-state index in [1.807, 2.05) is 30.3 Å². The number of nitrogens with zero attached hydrogens (tertiary/aromatic N) is 5. The molecule has 0 aliphatic carbocycles. The molecule has 3 aromatic carbocycles. The largest absolute Gasteiger partial charge is 0.333 e. The third-order valence-corrected chi connectivity index (χ3v) is 7.07. The van der Waals surface area contributed by atoms with E-state index in [1.54, 1.807) is 18.0 Å². The van der Waals surface area contributed by atoms with Gasteiger partial charge in [0.2, 0.25) is 0 Å². The van der Waals surface area contributed by atoms with Crippen LogP contribution in [-0.4, -0.2) is 24.3 Å². The molecule has 0 spiro atoms. The molecule has 0 saturated heterocycles. The van der Waals surface area contributed by atoms with Crippen molar-refractivity contribution in [2.24, 2.45) is 0 Å². The van der Waals surface area contributed by atoms with E-state index in [0.717, 1.165) is 28.0 Å². The second-order valence-electron chi connectivity index (χ2n) is 7.97. The van der Waals surface area contributed by atoms with Gasteiger partial charge < -0.3 is 4.57 Å². The molecule has 0 aliphatic rings. The van der Waals surface area contributed by atoms with Crippen molar-refractivity contribution in [3.05, 3.63) is 114 Å². The summed E-state index contributed by atoms with van der Waals surface area (Å²) in [6.45, 7) is 0.610. The van der Waals surface area contributed by atoms with Crippen LogP contribution in [0.1, 0.15) is 11.4 Å². The Labute approximate surface area is 206 Å². The molecule has 0 aliphatic heterocycles. The second kappa shape index (κ2) is 8.97. The Morgan fingerprint density at radius 1 is 0.735 bits per heavy atom. The average molecular weight is 482 g/mol. The van der Waals surface area contributed by atoms with Gasteiger partial charge in [-0.05, 0) is 35.9 Å². The van der Waals surface area contributed by atoms with E-state index in [9.17, 15) is 0 Å². The summed E-state index contributed by atoms with van der Waals surface area (Å²) in [5.41, 5.74) is 4.50. The molecule has 0 N–H and O–H groups in total. The SMILES string of the molecule is Clc1ccc(CSc2nnc(Cn3c4ccccc4c4ccccc43)n2-c2ccccc2)cn1. The molecule has 5 nitrogen and oxygen atoms in total. The van der Waals surface area contributed by atoms with Gasteiger partial charge in [-0.3, -0.25) is 4.57 Å². The Hall–Kier alpha value is -3.61. The fourth-order valence-corrected chi connectivity index (χ4v) is 5.30. The number of benzene rings is 3. The lowest BCUT2D eigenvalue weighted by Crippen LogP contribution is -2.08. The van der Waals surface area contributed by atoms with Gasteiger partial charge in [0.1, 0.15) is 5.15 Å². The number of aromatic nitrogens is 5. The first-order chi connectivity index (χ1) is 16.8. The molecule has 7 heteroatoms. The summed E-state index contributed by atoms with van der Waals surface area (Å²) in [6.07, 6.45) is 1.80. The number of rotatable bonds is 6. The Bertz CT molecular complexity index is 1540. The zero-order valence-corrected chi connectivity index (χ0v) is 19.7. The smallest absolute Gasteiger partial charge is 0.196 e. The van der Waals surface area contributed by atoms with Crippen molar-refractivity contribution >= 4 is 45.2 Å². The number of hydrogen-bond acceptors (Lipinski definition) is 4. The van der Waals surface area contributed by atoms with Crippen LogP contribution in [0.3, 0.4) is 0 Å². The van der Waals surface area contributed by atoms with E-state index in [2.05, 4.69) is 85.0 Å². The molecule has 0 atom stereocenters. The summed E-state index contributed by atoms with van der Waals surface area (Å²) in [5.74, 6) is 1.61. The Morgan fingerprint density at radius 3 is 2.09 bits per heavy atom. The van der Waals surface area contributed by atoms with E-state index in [4.69, 9.17) is 11.6 Å². The van der Waals surface area contributed by atoms with Gasteiger partial charge in [-0.2, -0.15) is 0 Å². The van der Waals surface area contributed by atoms with Crippen molar-refractivity contribution in [1.29, 1.82) is 0 Å². The molecule has 0 radical (unpaired) electrons. The van der Waals surface area contributed by atoms with E-state index in [1.165, 1.54) is 21.8 Å². The molecule has 0 amide bonds. The molecule has 34 heavy (non-hydrogen) atoms. The van der Waals surface area contributed by atoms with Crippen molar-refractivity contribution in [2.75, 3.05) is 0 Å². The van der Waals surface area contributed by atoms with Crippen LogP contribution in [0.25, 0.3) is 27.5 Å². The minimum absolute atomic E-state index is 0.495. The van der Waals surface area contributed by atoms with Gasteiger partial charge >= 0.3 is 0 Å². The maximum atomic E-state index is 5.94. The summed E-state index contributed by atoms with van der Waals surface area (Å²) in [4.78, 5) is 4.19. The molecule has 166 valence electrons. The number of hydrogen-bond donors (Lipinski definition) is 0. The van der Waals surface area contributed by atoms with Crippen molar-refractivity contribution in [2.45, 2.75) is 17.5 Å². The van der Waals surface area contributed by atoms with E-state index in [0.29, 0.717) is 11.7 Å². The van der Waals surface area contributed by atoms with Gasteiger partial charge in [0.25, 0.3) is 0 Å². The van der Waals surface area contributed by atoms with Gasteiger partial charge in [-0.25, -0.2) is 4.98 Å². The number of pyridine rings is 1. The Balaban J connectivity index is 1.43. The zero-order valence-electron chi connectivity index (χ0n) is 18.2. The number of halogens is 1. The molecule has 3 aromatic heterocycles. The maximum absolute atomic E-state index is 5.94. The minimum Gasteiger partial charge on any atom is -0.333 e. The number of thioether (sulfide) groups is 1. The van der Waals surface area contributed by atoms with Crippen LogP contribution < -0.4 is 0 Å². The summed E-state index contributed by atoms with van der Waals surface area (Å²) in [7, 11) is 0. The maximum Gasteiger partial charge on any atom is 0.196 e. The lowest BCUT2D eigenvalue weighted by atomic mass is 10.2. The van der Waals surface area contributed by atoms with Gasteiger partial charge in [0.15, 0.2) is 11.0 Å². The van der Waals surface area contributed by atoms with Crippen LogP contribution >= 0.6 is 23.4 Å². The van der Waals surface area contributed by atoms with E-state index >= 15 is 0 Å². The molecule has 0 fully saturated rings. The molecular weight excluding hydrogens is 462 g/mol. The molecule has 0 bridgehead atoms. The molecule has 0 unspecified atom stereocenters. The molecular formula is C27H20ClN5S. The summed E-state index contributed by atoms with van der Waals surface area (Å²) in [6, 6.07) is 31.1. The van der Waals surface area contributed by atoms with Crippen LogP contribution in [0.15, 0.2) is 102 Å². The monoisotopic (exact) mass is 481 g/mol. The molecule has 0 saturated carbocycles. The summed E-state index contributed by atoms with van der Waals surface area (Å²) in [5, 5.41) is 13.1. The van der Waals surface area contributed by atoms with Crippen LogP contribution in [0.5, 0.6) is 0 Å². The quantitative estimate of drug-likeness (QED) is 0.195. The normalized spacial score (nSPS) is 11.4. The molecule has 6 rings (SSSR count). The predicted molar refractivity (Wildman–Crippen MR) is 139 cm³/mol. The highest BCUT2D eigenvalue weighted by atomic mass is 35.5. The van der Waals surface area contributed by atoms with E-state index < -0.39 is 0 Å². The molecule has 3 heterocycles. The highest BCUT2D eigenvalue weighted by Crippen LogP contribution is 2.31. The number of para-hydroxylation sites is 3. The highest BCUT2D eigenvalue weighted by Gasteiger charge is 2.18. The summed E-state index contributed by atoms with van der Waals surface area (Å²) >= 11 is 7.58. The third-order valence-electron chi connectivity index (χ3n) is 5.85. The lowest BCUT2D eigenvalue weighted by Gasteiger charge is -2.12. The first-order valence-corrected chi connectivity index (χ1v) is 12.3. The van der Waals surface area contributed by atoms with Gasteiger partial charge in [0, 0.05) is 39.4 Å². The van der Waals surface area contributed by atoms with Gasteiger partial charge in [-0.1, -0.05) is 84.0 Å². The summed E-state index contributed by atoms with van der Waals surface area (Å²) < 4.78 is 4.48. The Morgan fingerprint density at radius 2 is 1.41 bits per heavy atom. The van der Waals surface area contributed by atoms with Crippen LogP contribution in [0.4, 0.5) is 0 Å². The second-order valence-corrected chi connectivity index (χ2v) is 9.30. The van der Waals surface area contributed by atoms with Crippen molar-refractivity contribution in [3.8, 4) is 5.69 Å². The first-order valence-electron chi connectivity index (χ1n) is 11.0. The topological polar surface area (TPSA) is 48.5 Å². The Kier molecular flexibility index (Phi) is 5.53. The fourth-order valence-electron chi connectivity index (χ4n) is 4.29. The van der Waals surface area contributed by atoms with Crippen molar-refractivity contribution in [3.63, 3.8) is 0 Å². The zero-order chi connectivity index (χ0) is 22.9. The average Bonchev–Trinajstić information content (AvgIpc) is 3.44. The van der Waals surface area contributed by atoms with Crippen molar-refractivity contribution < 1.29 is 0 Å². The standard InChI is InChI=1S/C27H20ClN5S/c28-25-15-14-19(16-29-25)18-34-27-31-30-26(33(27)20-8-2-1-3-9-20)17-32-23-12-6-4-10-21(23)22-11-5-7-13-24(22)32/h1-16H,17-18H2. The fraction of sp³-hybridized carbons (Fsp3) is 0.0741. The minimum atomic E-state index is 0.495. The third kappa shape index (κ3) is 3.85. The highest BCUT2D eigenvalue weighted by molar-refractivity contribution is 7.98. The number of fused-ring (bicyclic) bond motifs is 3. The van der Waals surface area contributed by atoms with Crippen LogP contribution in [-0.2, 0) is 12.3 Å². The van der Waals surface area contributed by atoms with Crippen LogP contribution in [0.2, 0.25) is 5.15 Å². The van der Waals surface area contributed by atoms with Crippen molar-refractivity contribution in [1.82, 2.24) is 24.3 Å². The molecule has 6 aromatic rings. The van der Waals surface area contributed by atoms with E-state index in [-0.39, 0.29) is 0 Å². The van der Waals surface area contributed by atoms with Gasteiger partial charge in [-0.15, -0.1) is 10.2 Å². The van der Waals surface area contributed by atoms with Crippen LogP contribution in [0, 0.1) is 0 Å². The lowest BCUT2D eigenvalue weighted by molar-refractivity contribution is 0.754. The van der Waals surface area contributed by atoms with Gasteiger partial charge in [0.05, 0.1) is 6.54 Å². The predicted octanol–water partition coefficient (Wildman–Crippen LogP) is 6.76. The first kappa shape index (κ1) is 21.0.